The van der Waals surface area contributed by atoms with Crippen LogP contribution in [0.15, 0.2) is 36.5 Å². The Hall–Kier alpha value is -4.99. The zero-order valence-electron chi connectivity index (χ0n) is 23.4. The van der Waals surface area contributed by atoms with E-state index in [1.165, 1.54) is 0 Å². The van der Waals surface area contributed by atoms with E-state index in [1.807, 2.05) is 4.90 Å². The Morgan fingerprint density at radius 1 is 0.465 bits per heavy atom. The molecule has 230 valence electrons. The molecule has 0 atom stereocenters. The van der Waals surface area contributed by atoms with E-state index in [2.05, 4.69) is 16.0 Å². The van der Waals surface area contributed by atoms with Gasteiger partial charge in [-0.1, -0.05) is 0 Å². The van der Waals surface area contributed by atoms with Gasteiger partial charge >= 0.3 is 0 Å². The molecular weight excluding hydrogens is 566 g/mol. The minimum atomic E-state index is -0.473. The Morgan fingerprint density at radius 3 is 0.930 bits per heavy atom. The fraction of sp³-hybridized carbons (Fsp3) is 0.444. The zero-order chi connectivity index (χ0) is 31.4. The van der Waals surface area contributed by atoms with Crippen LogP contribution in [-0.4, -0.2) is 132 Å². The molecule has 0 aromatic heterocycles. The van der Waals surface area contributed by atoms with E-state index in [-0.39, 0.29) is 76.3 Å². The van der Waals surface area contributed by atoms with Crippen molar-refractivity contribution in [2.75, 3.05) is 58.9 Å². The van der Waals surface area contributed by atoms with E-state index >= 15 is 0 Å². The van der Waals surface area contributed by atoms with Gasteiger partial charge in [-0.15, -0.1) is 0 Å². The van der Waals surface area contributed by atoms with Gasteiger partial charge in [0.25, 0.3) is 35.4 Å². The van der Waals surface area contributed by atoms with Crippen LogP contribution in [0.2, 0.25) is 0 Å². The number of carbonyl (C=O) groups is 9. The lowest BCUT2D eigenvalue weighted by Crippen LogP contribution is -2.44. The Bertz CT molecular complexity index is 1070. The molecule has 0 aromatic rings. The maximum Gasteiger partial charge on any atom is 0.253 e. The lowest BCUT2D eigenvalue weighted by atomic mass is 10.3. The summed E-state index contributed by atoms with van der Waals surface area (Å²) in [5.74, 6) is -3.94. The Balaban J connectivity index is 1.39. The standard InChI is InChI=1S/C27H33N7O9/c35-19(7-13-32-22(38)1-2-23(32)39)28-10-16-31(17-11-29-20(36)8-14-33-24(40)3-4-25(33)41)18-12-30-21(37)9-15-34-26(42)5-6-27(34)43/h1-6H,7-18H2,(H,28,35)(H,29,36)(H,30,37). The second-order valence-corrected chi connectivity index (χ2v) is 9.63. The molecule has 0 aromatic carbocycles. The predicted molar refractivity (Wildman–Crippen MR) is 147 cm³/mol. The van der Waals surface area contributed by atoms with Crippen molar-refractivity contribution >= 4 is 53.2 Å². The molecule has 0 spiro atoms. The highest BCUT2D eigenvalue weighted by molar-refractivity contribution is 6.14. The third-order valence-corrected chi connectivity index (χ3v) is 6.64. The average Bonchev–Trinajstić information content (AvgIpc) is 3.59. The van der Waals surface area contributed by atoms with Crippen LogP contribution in [0.25, 0.3) is 0 Å². The molecule has 9 amide bonds. The van der Waals surface area contributed by atoms with E-state index in [9.17, 15) is 43.2 Å². The molecule has 0 unspecified atom stereocenters. The first-order valence-corrected chi connectivity index (χ1v) is 13.7. The van der Waals surface area contributed by atoms with Gasteiger partial charge in [-0.3, -0.25) is 62.8 Å². The fourth-order valence-corrected chi connectivity index (χ4v) is 4.26. The van der Waals surface area contributed by atoms with Crippen LogP contribution >= 0.6 is 0 Å². The molecule has 16 heteroatoms. The minimum Gasteiger partial charge on any atom is -0.355 e. The highest BCUT2D eigenvalue weighted by Gasteiger charge is 2.25. The van der Waals surface area contributed by atoms with E-state index < -0.39 is 35.4 Å². The summed E-state index contributed by atoms with van der Waals surface area (Å²) in [4.78, 5) is 111. The van der Waals surface area contributed by atoms with Crippen molar-refractivity contribution in [2.45, 2.75) is 19.3 Å². The van der Waals surface area contributed by atoms with Crippen LogP contribution in [-0.2, 0) is 43.2 Å². The van der Waals surface area contributed by atoms with Crippen LogP contribution in [0.5, 0.6) is 0 Å². The van der Waals surface area contributed by atoms with Crippen LogP contribution < -0.4 is 16.0 Å². The van der Waals surface area contributed by atoms with Gasteiger partial charge in [-0.25, -0.2) is 0 Å². The van der Waals surface area contributed by atoms with Crippen LogP contribution in [0.3, 0.4) is 0 Å². The molecule has 3 aliphatic heterocycles. The van der Waals surface area contributed by atoms with Crippen molar-refractivity contribution < 1.29 is 43.2 Å². The monoisotopic (exact) mass is 599 g/mol. The Kier molecular flexibility index (Phi) is 12.0. The number of nitrogens with zero attached hydrogens (tertiary/aromatic N) is 4. The summed E-state index contributed by atoms with van der Waals surface area (Å²) >= 11 is 0. The van der Waals surface area contributed by atoms with Crippen LogP contribution in [0, 0.1) is 0 Å². The maximum absolute atomic E-state index is 12.2. The third-order valence-electron chi connectivity index (χ3n) is 6.64. The lowest BCUT2D eigenvalue weighted by molar-refractivity contribution is -0.139. The summed E-state index contributed by atoms with van der Waals surface area (Å²) in [6.45, 7) is 1.50. The number of rotatable bonds is 18. The van der Waals surface area contributed by atoms with Gasteiger partial charge < -0.3 is 16.0 Å². The number of imide groups is 3. The highest BCUT2D eigenvalue weighted by Crippen LogP contribution is 2.06. The van der Waals surface area contributed by atoms with Crippen molar-refractivity contribution in [1.29, 1.82) is 0 Å². The van der Waals surface area contributed by atoms with Crippen molar-refractivity contribution in [3.63, 3.8) is 0 Å². The van der Waals surface area contributed by atoms with Gasteiger partial charge in [0.15, 0.2) is 0 Å². The summed E-state index contributed by atoms with van der Waals surface area (Å²) in [6.07, 6.45) is 6.63. The fourth-order valence-electron chi connectivity index (χ4n) is 4.26. The third kappa shape index (κ3) is 10.1. The minimum absolute atomic E-state index is 0.0480. The van der Waals surface area contributed by atoms with Crippen molar-refractivity contribution in [1.82, 2.24) is 35.6 Å². The molecule has 0 saturated heterocycles. The van der Waals surface area contributed by atoms with Gasteiger partial charge in [0, 0.05) is 115 Å². The van der Waals surface area contributed by atoms with E-state index in [4.69, 9.17) is 0 Å². The Morgan fingerprint density at radius 2 is 0.698 bits per heavy atom. The first kappa shape index (κ1) is 32.5. The summed E-state index contributed by atoms with van der Waals surface area (Å²) in [5.41, 5.74) is 0. The summed E-state index contributed by atoms with van der Waals surface area (Å²) in [7, 11) is 0. The van der Waals surface area contributed by atoms with Crippen molar-refractivity contribution in [3.05, 3.63) is 36.5 Å². The summed E-state index contributed by atoms with van der Waals surface area (Å²) in [5, 5.41) is 8.13. The molecule has 0 bridgehead atoms. The van der Waals surface area contributed by atoms with E-state index in [1.54, 1.807) is 0 Å². The average molecular weight is 600 g/mol. The zero-order valence-corrected chi connectivity index (χ0v) is 23.4. The number of hydrogen-bond donors (Lipinski definition) is 3. The highest BCUT2D eigenvalue weighted by atomic mass is 16.2. The second-order valence-electron chi connectivity index (χ2n) is 9.63. The lowest BCUT2D eigenvalue weighted by Gasteiger charge is -2.23. The summed E-state index contributed by atoms with van der Waals surface area (Å²) in [6, 6.07) is 0. The number of carbonyl (C=O) groups excluding carboxylic acids is 9. The molecule has 0 radical (unpaired) electrons. The van der Waals surface area contributed by atoms with Gasteiger partial charge in [0.05, 0.1) is 0 Å². The van der Waals surface area contributed by atoms with Crippen LogP contribution in [0.1, 0.15) is 19.3 Å². The van der Waals surface area contributed by atoms with Gasteiger partial charge in [-0.2, -0.15) is 0 Å². The molecule has 0 saturated carbocycles. The van der Waals surface area contributed by atoms with Gasteiger partial charge in [0.2, 0.25) is 17.7 Å². The van der Waals surface area contributed by atoms with Crippen molar-refractivity contribution in [3.8, 4) is 0 Å². The SMILES string of the molecule is O=C(CCN1C(=O)C=CC1=O)NCCN(CCNC(=O)CCN1C(=O)C=CC1=O)CCNC(=O)CCN1C(=O)C=CC1=O. The number of nitrogens with one attached hydrogen (secondary N) is 3. The maximum atomic E-state index is 12.2. The molecule has 0 fully saturated rings. The smallest absolute Gasteiger partial charge is 0.253 e. The van der Waals surface area contributed by atoms with E-state index in [0.717, 1.165) is 51.2 Å². The summed E-state index contributed by atoms with van der Waals surface area (Å²) < 4.78 is 0. The quantitative estimate of drug-likeness (QED) is 0.133. The first-order chi connectivity index (χ1) is 20.5. The second kappa shape index (κ2) is 15.9. The molecule has 3 heterocycles. The Labute approximate surface area is 246 Å². The molecule has 3 aliphatic rings. The molecule has 3 rings (SSSR count). The normalized spacial score (nSPS) is 16.0. The number of hydrogen-bond acceptors (Lipinski definition) is 10. The molecule has 43 heavy (non-hydrogen) atoms. The van der Waals surface area contributed by atoms with E-state index in [0.29, 0.717) is 19.6 Å². The largest absolute Gasteiger partial charge is 0.355 e. The molecule has 3 N–H and O–H groups in total. The predicted octanol–water partition coefficient (Wildman–Crippen LogP) is -3.42. The van der Waals surface area contributed by atoms with Gasteiger partial charge in [0.1, 0.15) is 0 Å². The number of amides is 9. The molecule has 16 nitrogen and oxygen atoms in total. The van der Waals surface area contributed by atoms with Crippen molar-refractivity contribution in [2.24, 2.45) is 0 Å². The van der Waals surface area contributed by atoms with Crippen LogP contribution in [0.4, 0.5) is 0 Å². The first-order valence-electron chi connectivity index (χ1n) is 13.7. The van der Waals surface area contributed by atoms with Gasteiger partial charge in [-0.05, 0) is 0 Å². The topological polar surface area (TPSA) is 203 Å². The molecule has 0 aliphatic carbocycles. The molecular formula is C27H33N7O9.